The maximum atomic E-state index is 12.4. The number of rotatable bonds is 7. The molecule has 0 bridgehead atoms. The van der Waals surface area contributed by atoms with Crippen molar-refractivity contribution in [2.24, 2.45) is 17.3 Å². The number of hydrogen-bond donors (Lipinski definition) is 0. The van der Waals surface area contributed by atoms with E-state index in [1.165, 1.54) is 12.8 Å². The van der Waals surface area contributed by atoms with Crippen molar-refractivity contribution in [3.63, 3.8) is 0 Å². The van der Waals surface area contributed by atoms with Gasteiger partial charge in [-0.15, -0.1) is 0 Å². The smallest absolute Gasteiger partial charge is 0.332 e. The molecule has 0 spiro atoms. The Morgan fingerprint density at radius 2 is 1.78 bits per heavy atom. The van der Waals surface area contributed by atoms with Crippen molar-refractivity contribution in [3.8, 4) is 0 Å². The van der Waals surface area contributed by atoms with E-state index in [9.17, 15) is 4.79 Å². The second-order valence-electron chi connectivity index (χ2n) is 11.0. The first kappa shape index (κ1) is 22.7. The molecule has 0 aromatic heterocycles. The molecule has 4 unspecified atom stereocenters. The van der Waals surface area contributed by atoms with E-state index >= 15 is 0 Å². The summed E-state index contributed by atoms with van der Waals surface area (Å²) in [5.41, 5.74) is 0.0601. The molecule has 0 amide bonds. The summed E-state index contributed by atoms with van der Waals surface area (Å²) in [7, 11) is 0. The molecule has 27 heavy (non-hydrogen) atoms. The van der Waals surface area contributed by atoms with Crippen molar-refractivity contribution < 1.29 is 14.3 Å². The third kappa shape index (κ3) is 6.19. The van der Waals surface area contributed by atoms with E-state index < -0.39 is 0 Å². The zero-order chi connectivity index (χ0) is 20.5. The highest BCUT2D eigenvalue weighted by molar-refractivity contribution is 5.71. The molecule has 158 valence electrons. The van der Waals surface area contributed by atoms with E-state index in [4.69, 9.17) is 9.47 Å². The molecule has 2 aliphatic rings. The van der Waals surface area contributed by atoms with Gasteiger partial charge in [0.25, 0.3) is 0 Å². The van der Waals surface area contributed by atoms with E-state index in [0.717, 1.165) is 31.6 Å². The summed E-state index contributed by atoms with van der Waals surface area (Å²) >= 11 is 0. The van der Waals surface area contributed by atoms with Gasteiger partial charge in [-0.3, -0.25) is 4.90 Å². The van der Waals surface area contributed by atoms with Crippen molar-refractivity contribution in [3.05, 3.63) is 0 Å². The summed E-state index contributed by atoms with van der Waals surface area (Å²) < 4.78 is 11.7. The van der Waals surface area contributed by atoms with Gasteiger partial charge in [0, 0.05) is 11.6 Å². The molecule has 0 aliphatic heterocycles. The highest BCUT2D eigenvalue weighted by atomic mass is 16.6. The van der Waals surface area contributed by atoms with Gasteiger partial charge < -0.3 is 9.47 Å². The Labute approximate surface area is 167 Å². The quantitative estimate of drug-likeness (QED) is 0.336. The van der Waals surface area contributed by atoms with Gasteiger partial charge in [-0.25, -0.2) is 4.79 Å². The number of ether oxygens (including phenoxy) is 2. The van der Waals surface area contributed by atoms with Crippen LogP contribution in [0, 0.1) is 17.3 Å². The molecule has 4 nitrogen and oxygen atoms in total. The molecular weight excluding hydrogens is 338 g/mol. The summed E-state index contributed by atoms with van der Waals surface area (Å²) in [5, 5.41) is 0. The molecule has 0 saturated heterocycles. The minimum absolute atomic E-state index is 0.0463. The number of esters is 1. The summed E-state index contributed by atoms with van der Waals surface area (Å²) in [5.74, 6) is 1.16. The summed E-state index contributed by atoms with van der Waals surface area (Å²) in [6.45, 7) is 18.5. The molecule has 0 aromatic rings. The van der Waals surface area contributed by atoms with Crippen LogP contribution in [-0.2, 0) is 14.3 Å². The van der Waals surface area contributed by atoms with Crippen LogP contribution in [0.5, 0.6) is 0 Å². The predicted octanol–water partition coefficient (Wildman–Crippen LogP) is 5.40. The van der Waals surface area contributed by atoms with Crippen molar-refractivity contribution in [1.82, 2.24) is 4.90 Å². The predicted molar refractivity (Wildman–Crippen MR) is 111 cm³/mol. The number of carbonyl (C=O) groups is 1. The molecule has 0 N–H and O–H groups in total. The largest absolute Gasteiger partial charge is 0.458 e. The van der Waals surface area contributed by atoms with Crippen LogP contribution in [0.25, 0.3) is 0 Å². The van der Waals surface area contributed by atoms with Crippen LogP contribution in [0.2, 0.25) is 0 Å². The fraction of sp³-hybridized carbons (Fsp3) is 0.957. The molecule has 0 radical (unpaired) electrons. The Hall–Kier alpha value is -0.610. The number of hydrogen-bond acceptors (Lipinski definition) is 4. The maximum Gasteiger partial charge on any atom is 0.332 e. The summed E-state index contributed by atoms with van der Waals surface area (Å²) in [6, 6.07) is 0.578. The van der Waals surface area contributed by atoms with Crippen LogP contribution in [0.15, 0.2) is 0 Å². The average molecular weight is 382 g/mol. The normalized spacial score (nSPS) is 34.6. The van der Waals surface area contributed by atoms with Gasteiger partial charge >= 0.3 is 5.97 Å². The Kier molecular flexibility index (Phi) is 7.06. The number of carbonyl (C=O) groups excluding carboxylic acids is 1. The van der Waals surface area contributed by atoms with Crippen LogP contribution < -0.4 is 0 Å². The van der Waals surface area contributed by atoms with E-state index in [2.05, 4.69) is 60.3 Å². The van der Waals surface area contributed by atoms with Crippen LogP contribution in [-0.4, -0.2) is 41.4 Å². The monoisotopic (exact) mass is 381 g/mol. The van der Waals surface area contributed by atoms with Gasteiger partial charge in [-0.05, 0) is 83.5 Å². The van der Waals surface area contributed by atoms with Crippen molar-refractivity contribution in [2.75, 3.05) is 13.3 Å². The van der Waals surface area contributed by atoms with Gasteiger partial charge in [0.1, 0.15) is 18.9 Å². The molecule has 4 heteroatoms. The lowest BCUT2D eigenvalue weighted by atomic mass is 9.73. The van der Waals surface area contributed by atoms with E-state index in [0.29, 0.717) is 24.1 Å². The summed E-state index contributed by atoms with van der Waals surface area (Å²) in [4.78, 5) is 14.8. The van der Waals surface area contributed by atoms with Gasteiger partial charge in [0.15, 0.2) is 0 Å². The Morgan fingerprint density at radius 1 is 1.15 bits per heavy atom. The number of nitrogens with zero attached hydrogens (tertiary/aromatic N) is 1. The molecule has 2 rings (SSSR count). The van der Waals surface area contributed by atoms with Crippen LogP contribution in [0.4, 0.5) is 0 Å². The first-order valence-electron chi connectivity index (χ1n) is 10.9. The topological polar surface area (TPSA) is 38.8 Å². The average Bonchev–Trinajstić information content (AvgIpc) is 3.26. The maximum absolute atomic E-state index is 12.4. The van der Waals surface area contributed by atoms with Gasteiger partial charge in [0.2, 0.25) is 0 Å². The van der Waals surface area contributed by atoms with E-state index in [-0.39, 0.29) is 23.7 Å². The summed E-state index contributed by atoms with van der Waals surface area (Å²) in [6.07, 6.45) is 6.57. The molecular formula is C23H43NO3. The molecule has 0 aromatic carbocycles. The fourth-order valence-corrected chi connectivity index (χ4v) is 4.40. The third-order valence-corrected chi connectivity index (χ3v) is 7.21. The van der Waals surface area contributed by atoms with E-state index in [1.54, 1.807) is 0 Å². The molecule has 0 heterocycles. The van der Waals surface area contributed by atoms with Crippen molar-refractivity contribution in [1.29, 1.82) is 0 Å². The van der Waals surface area contributed by atoms with Crippen LogP contribution >= 0.6 is 0 Å². The van der Waals surface area contributed by atoms with Crippen molar-refractivity contribution in [2.45, 2.75) is 111 Å². The second-order valence-corrected chi connectivity index (χ2v) is 11.0. The standard InChI is InChI=1S/C23H43NO3/c1-17(2)22(7)10-9-11-23(8,13-12-22)27-20(25)15-26-16-24(21(4,5)6)19-14-18(19)3/h17-19H,9-16H2,1-8H3. The first-order valence-corrected chi connectivity index (χ1v) is 10.9. The Morgan fingerprint density at radius 3 is 2.30 bits per heavy atom. The Balaban J connectivity index is 1.81. The fourth-order valence-electron chi connectivity index (χ4n) is 4.40. The molecule has 2 saturated carbocycles. The lowest BCUT2D eigenvalue weighted by molar-refractivity contribution is -0.167. The van der Waals surface area contributed by atoms with Crippen molar-refractivity contribution >= 4 is 5.97 Å². The lowest BCUT2D eigenvalue weighted by Crippen LogP contribution is -2.45. The van der Waals surface area contributed by atoms with Crippen LogP contribution in [0.1, 0.15) is 93.9 Å². The minimum atomic E-state index is -0.345. The van der Waals surface area contributed by atoms with E-state index in [1.807, 2.05) is 0 Å². The first-order chi connectivity index (χ1) is 12.4. The second kappa shape index (κ2) is 8.41. The highest BCUT2D eigenvalue weighted by Gasteiger charge is 2.43. The molecule has 2 aliphatic carbocycles. The van der Waals surface area contributed by atoms with Gasteiger partial charge in [0.05, 0.1) is 0 Å². The van der Waals surface area contributed by atoms with Crippen LogP contribution in [0.3, 0.4) is 0 Å². The highest BCUT2D eigenvalue weighted by Crippen LogP contribution is 2.44. The molecule has 2 fully saturated rings. The third-order valence-electron chi connectivity index (χ3n) is 7.21. The minimum Gasteiger partial charge on any atom is -0.458 e. The molecule has 4 atom stereocenters. The zero-order valence-corrected chi connectivity index (χ0v) is 19.1. The van der Waals surface area contributed by atoms with Gasteiger partial charge in [-0.1, -0.05) is 27.7 Å². The zero-order valence-electron chi connectivity index (χ0n) is 19.1. The SMILES string of the molecule is CC1CC1N(COCC(=O)OC1(C)CCCC(C)(C(C)C)CC1)C(C)(C)C. The lowest BCUT2D eigenvalue weighted by Gasteiger charge is -2.36. The van der Waals surface area contributed by atoms with Gasteiger partial charge in [-0.2, -0.15) is 0 Å². The Bertz CT molecular complexity index is 512.